The fourth-order valence-corrected chi connectivity index (χ4v) is 3.29. The van der Waals surface area contributed by atoms with Crippen LogP contribution in [0.2, 0.25) is 0 Å². The van der Waals surface area contributed by atoms with Crippen molar-refractivity contribution in [2.75, 3.05) is 13.6 Å². The first-order valence-electron chi connectivity index (χ1n) is 8.65. The van der Waals surface area contributed by atoms with Crippen LogP contribution in [-0.2, 0) is 4.79 Å². The standard InChI is InChI=1S/C19H33ClN2O/c1-13(2)19(6,14(3)4)18(23)21-12-17(22(7)20)16-10-8-9-15(5)11-16/h8,10-11,13-15,17H,9,12H2,1-7H3,(H,21,23)/t15?,17-/m1/s1. The minimum absolute atomic E-state index is 0.0109. The molecule has 23 heavy (non-hydrogen) atoms. The third kappa shape index (κ3) is 4.84. The molecule has 4 heteroatoms. The van der Waals surface area contributed by atoms with E-state index in [0.29, 0.717) is 12.5 Å². The molecule has 1 amide bonds. The Morgan fingerprint density at radius 2 is 1.96 bits per heavy atom. The molecule has 1 aliphatic carbocycles. The lowest BCUT2D eigenvalue weighted by Gasteiger charge is -2.37. The highest BCUT2D eigenvalue weighted by Gasteiger charge is 2.39. The topological polar surface area (TPSA) is 32.3 Å². The van der Waals surface area contributed by atoms with Gasteiger partial charge in [-0.15, -0.1) is 0 Å². The highest BCUT2D eigenvalue weighted by Crippen LogP contribution is 2.35. The lowest BCUT2D eigenvalue weighted by molar-refractivity contribution is -0.135. The summed E-state index contributed by atoms with van der Waals surface area (Å²) in [6.45, 7) is 13.2. The van der Waals surface area contributed by atoms with E-state index >= 15 is 0 Å². The Morgan fingerprint density at radius 1 is 1.39 bits per heavy atom. The van der Waals surface area contributed by atoms with Crippen LogP contribution in [0, 0.1) is 23.2 Å². The van der Waals surface area contributed by atoms with Gasteiger partial charge in [-0.05, 0) is 41.5 Å². The van der Waals surface area contributed by atoms with E-state index in [4.69, 9.17) is 11.8 Å². The summed E-state index contributed by atoms with van der Waals surface area (Å²) in [5.41, 5.74) is 0.803. The van der Waals surface area contributed by atoms with Crippen molar-refractivity contribution in [2.24, 2.45) is 23.2 Å². The van der Waals surface area contributed by atoms with E-state index in [-0.39, 0.29) is 29.2 Å². The summed E-state index contributed by atoms with van der Waals surface area (Å²) in [6.07, 6.45) is 7.62. The number of rotatable bonds is 7. The van der Waals surface area contributed by atoms with Gasteiger partial charge in [0.1, 0.15) is 0 Å². The zero-order valence-corrected chi connectivity index (χ0v) is 16.4. The van der Waals surface area contributed by atoms with Gasteiger partial charge in [0.15, 0.2) is 0 Å². The van der Waals surface area contributed by atoms with Gasteiger partial charge in [0.05, 0.1) is 11.5 Å². The summed E-state index contributed by atoms with van der Waals surface area (Å²) in [5.74, 6) is 1.19. The molecule has 1 aliphatic rings. The van der Waals surface area contributed by atoms with Crippen LogP contribution < -0.4 is 5.32 Å². The van der Waals surface area contributed by atoms with E-state index in [0.717, 1.165) is 6.42 Å². The summed E-state index contributed by atoms with van der Waals surface area (Å²) in [6, 6.07) is -0.0109. The molecule has 0 aromatic heterocycles. The van der Waals surface area contributed by atoms with Crippen LogP contribution in [0.3, 0.4) is 0 Å². The molecule has 0 spiro atoms. The van der Waals surface area contributed by atoms with Crippen LogP contribution in [0.15, 0.2) is 23.8 Å². The van der Waals surface area contributed by atoms with Gasteiger partial charge in [0.2, 0.25) is 5.91 Å². The third-order valence-corrected chi connectivity index (χ3v) is 5.69. The van der Waals surface area contributed by atoms with Crippen molar-refractivity contribution >= 4 is 17.7 Å². The molecule has 2 atom stereocenters. The quantitative estimate of drug-likeness (QED) is 0.697. The molecule has 0 aliphatic heterocycles. The van der Waals surface area contributed by atoms with E-state index in [1.54, 1.807) is 4.42 Å². The normalized spacial score (nSPS) is 20.1. The summed E-state index contributed by atoms with van der Waals surface area (Å²) in [7, 11) is 1.84. The molecule has 0 aromatic carbocycles. The first-order valence-corrected chi connectivity index (χ1v) is 8.99. The monoisotopic (exact) mass is 340 g/mol. The number of carbonyl (C=O) groups excluding carboxylic acids is 1. The van der Waals surface area contributed by atoms with Gasteiger partial charge < -0.3 is 5.32 Å². The number of nitrogens with zero attached hydrogens (tertiary/aromatic N) is 1. The maximum atomic E-state index is 12.8. The van der Waals surface area contributed by atoms with Gasteiger partial charge in [-0.25, -0.2) is 4.42 Å². The molecule has 0 saturated carbocycles. The molecule has 1 unspecified atom stereocenters. The number of likely N-dealkylation sites (N-methyl/N-ethyl adjacent to an activating group) is 1. The first-order chi connectivity index (χ1) is 10.6. The number of carbonyl (C=O) groups is 1. The second-order valence-corrected chi connectivity index (χ2v) is 8.16. The predicted octanol–water partition coefficient (Wildman–Crippen LogP) is 4.40. The van der Waals surface area contributed by atoms with Crippen LogP contribution in [0.25, 0.3) is 0 Å². The van der Waals surface area contributed by atoms with Crippen molar-refractivity contribution in [2.45, 2.75) is 54.0 Å². The molecule has 3 nitrogen and oxygen atoms in total. The van der Waals surface area contributed by atoms with Gasteiger partial charge >= 0.3 is 0 Å². The smallest absolute Gasteiger partial charge is 0.226 e. The average Bonchev–Trinajstić information content (AvgIpc) is 2.45. The third-order valence-electron chi connectivity index (χ3n) is 5.45. The zero-order chi connectivity index (χ0) is 17.8. The van der Waals surface area contributed by atoms with Crippen molar-refractivity contribution in [3.63, 3.8) is 0 Å². The molecule has 0 radical (unpaired) electrons. The Labute approximate surface area is 147 Å². The van der Waals surface area contributed by atoms with Gasteiger partial charge in [-0.1, -0.05) is 59.8 Å². The van der Waals surface area contributed by atoms with Crippen LogP contribution in [0.1, 0.15) is 48.0 Å². The summed E-state index contributed by atoms with van der Waals surface area (Å²) in [4.78, 5) is 12.8. The number of hydrogen-bond donors (Lipinski definition) is 1. The summed E-state index contributed by atoms with van der Waals surface area (Å²) < 4.78 is 1.66. The number of hydrogen-bond acceptors (Lipinski definition) is 2. The minimum Gasteiger partial charge on any atom is -0.354 e. The second-order valence-electron chi connectivity index (χ2n) is 7.62. The lowest BCUT2D eigenvalue weighted by atomic mass is 9.70. The largest absolute Gasteiger partial charge is 0.354 e. The van der Waals surface area contributed by atoms with Crippen LogP contribution >= 0.6 is 11.8 Å². The van der Waals surface area contributed by atoms with Crippen LogP contribution in [-0.4, -0.2) is 30.0 Å². The van der Waals surface area contributed by atoms with Crippen molar-refractivity contribution in [1.29, 1.82) is 0 Å². The number of amides is 1. The maximum Gasteiger partial charge on any atom is 0.226 e. The molecule has 0 saturated heterocycles. The lowest BCUT2D eigenvalue weighted by Crippen LogP contribution is -2.49. The molecule has 132 valence electrons. The van der Waals surface area contributed by atoms with E-state index in [9.17, 15) is 4.79 Å². The highest BCUT2D eigenvalue weighted by molar-refractivity contribution is 6.13. The maximum absolute atomic E-state index is 12.8. The Balaban J connectivity index is 2.84. The Kier molecular flexibility index (Phi) is 7.34. The van der Waals surface area contributed by atoms with Gasteiger partial charge in [-0.3, -0.25) is 4.79 Å². The van der Waals surface area contributed by atoms with E-state index < -0.39 is 0 Å². The van der Waals surface area contributed by atoms with Gasteiger partial charge in [0, 0.05) is 13.6 Å². The van der Waals surface area contributed by atoms with Crippen LogP contribution in [0.5, 0.6) is 0 Å². The number of halogens is 1. The molecular formula is C19H33ClN2O. The first kappa shape index (κ1) is 20.2. The van der Waals surface area contributed by atoms with E-state index in [1.165, 1.54) is 5.57 Å². The van der Waals surface area contributed by atoms with Gasteiger partial charge in [0.25, 0.3) is 0 Å². The van der Waals surface area contributed by atoms with E-state index in [2.05, 4.69) is 65.1 Å². The molecule has 1 rings (SSSR count). The Bertz CT molecular complexity index is 458. The zero-order valence-electron chi connectivity index (χ0n) is 15.7. The fourth-order valence-electron chi connectivity index (χ4n) is 3.11. The van der Waals surface area contributed by atoms with Gasteiger partial charge in [-0.2, -0.15) is 0 Å². The molecule has 0 heterocycles. The minimum atomic E-state index is -0.375. The SMILES string of the molecule is CC1C=C([C@@H](CNC(=O)C(C)(C(C)C)C(C)C)N(C)Cl)C=CC1. The highest BCUT2D eigenvalue weighted by atomic mass is 35.5. The predicted molar refractivity (Wildman–Crippen MR) is 99.2 cm³/mol. The molecule has 0 bridgehead atoms. The second kappa shape index (κ2) is 8.34. The Hall–Kier alpha value is -0.800. The molecule has 1 N–H and O–H groups in total. The molecule has 0 aromatic rings. The number of nitrogens with one attached hydrogen (secondary N) is 1. The Morgan fingerprint density at radius 3 is 2.39 bits per heavy atom. The molecular weight excluding hydrogens is 308 g/mol. The fraction of sp³-hybridized carbons (Fsp3) is 0.737. The van der Waals surface area contributed by atoms with E-state index in [1.807, 2.05) is 7.05 Å². The van der Waals surface area contributed by atoms with Crippen LogP contribution in [0.4, 0.5) is 0 Å². The summed E-state index contributed by atoms with van der Waals surface area (Å²) >= 11 is 6.25. The van der Waals surface area contributed by atoms with Crippen molar-refractivity contribution in [3.05, 3.63) is 23.8 Å². The number of allylic oxidation sites excluding steroid dienone is 2. The van der Waals surface area contributed by atoms with Crippen molar-refractivity contribution < 1.29 is 4.79 Å². The summed E-state index contributed by atoms with van der Waals surface area (Å²) in [5, 5.41) is 3.14. The average molecular weight is 341 g/mol. The van der Waals surface area contributed by atoms with Crippen molar-refractivity contribution in [3.8, 4) is 0 Å². The van der Waals surface area contributed by atoms with Crippen molar-refractivity contribution in [1.82, 2.24) is 9.74 Å². The molecule has 0 fully saturated rings.